The van der Waals surface area contributed by atoms with Crippen molar-refractivity contribution in [2.24, 2.45) is 11.8 Å². The number of carbonyl (C=O) groups is 1. The number of ether oxygens (including phenoxy) is 1. The van der Waals surface area contributed by atoms with Crippen LogP contribution in [0.1, 0.15) is 18.5 Å². The Balaban J connectivity index is 1.51. The molecular formula is C23H26Cl2FN3O2. The number of aromatic nitrogens is 1. The molecule has 2 aliphatic rings. The van der Waals surface area contributed by atoms with E-state index in [0.29, 0.717) is 33.8 Å². The third-order valence-corrected chi connectivity index (χ3v) is 6.64. The monoisotopic (exact) mass is 465 g/mol. The summed E-state index contributed by atoms with van der Waals surface area (Å²) in [6.45, 7) is 3.08. The number of hydrogen-bond donors (Lipinski definition) is 2. The Morgan fingerprint density at radius 2 is 1.94 bits per heavy atom. The van der Waals surface area contributed by atoms with E-state index in [4.69, 9.17) is 27.9 Å². The van der Waals surface area contributed by atoms with Crippen LogP contribution in [0.3, 0.4) is 0 Å². The molecule has 0 aliphatic carbocycles. The van der Waals surface area contributed by atoms with E-state index in [1.54, 1.807) is 6.07 Å². The van der Waals surface area contributed by atoms with Crippen molar-refractivity contribution >= 4 is 34.7 Å². The van der Waals surface area contributed by atoms with E-state index in [1.165, 1.54) is 6.20 Å². The molecule has 31 heavy (non-hydrogen) atoms. The smallest absolute Gasteiger partial charge is 0.146 e. The molecule has 3 heterocycles. The minimum atomic E-state index is -1.15. The van der Waals surface area contributed by atoms with Crippen LogP contribution in [0.15, 0.2) is 30.5 Å². The number of carbonyl (C=O) groups excluding carboxylic acids is 1. The first-order valence-corrected chi connectivity index (χ1v) is 11.4. The number of anilines is 1. The number of halogens is 3. The van der Waals surface area contributed by atoms with Gasteiger partial charge in [0.1, 0.15) is 12.0 Å². The van der Waals surface area contributed by atoms with E-state index in [9.17, 15) is 9.18 Å². The van der Waals surface area contributed by atoms with E-state index in [2.05, 4.69) is 15.6 Å². The standard InChI is InChI=1S/C23H26Cl2FN3O2/c24-20-2-1-15(28-10-14-3-5-31-6-4-14)7-17(20)18-8-16(29-12-21(18)25)9-23(30)19-11-27-13-22(19)26/h1-2,7-8,12,14,19,22,27-28H,3-6,9-11,13H2/t19-,22+/m0/s1. The van der Waals surface area contributed by atoms with Crippen molar-refractivity contribution in [3.63, 3.8) is 0 Å². The van der Waals surface area contributed by atoms with Crippen molar-refractivity contribution in [3.05, 3.63) is 46.2 Å². The quantitative estimate of drug-likeness (QED) is 0.627. The van der Waals surface area contributed by atoms with Crippen LogP contribution in [0.4, 0.5) is 10.1 Å². The van der Waals surface area contributed by atoms with Crippen molar-refractivity contribution in [2.75, 3.05) is 38.2 Å². The Morgan fingerprint density at radius 1 is 1.16 bits per heavy atom. The van der Waals surface area contributed by atoms with Crippen LogP contribution in [-0.4, -0.2) is 49.8 Å². The Bertz CT molecular complexity index is 937. The molecule has 2 fully saturated rings. The molecule has 1 aromatic carbocycles. The van der Waals surface area contributed by atoms with E-state index in [1.807, 2.05) is 18.2 Å². The highest BCUT2D eigenvalue weighted by Gasteiger charge is 2.32. The number of ketones is 1. The number of Topliss-reactive ketones (excluding diaryl/α,β-unsaturated/α-hetero) is 1. The van der Waals surface area contributed by atoms with Gasteiger partial charge < -0.3 is 15.4 Å². The van der Waals surface area contributed by atoms with Gasteiger partial charge in [0.25, 0.3) is 0 Å². The molecule has 0 unspecified atom stereocenters. The maximum Gasteiger partial charge on any atom is 0.146 e. The van der Waals surface area contributed by atoms with Gasteiger partial charge in [-0.25, -0.2) is 4.39 Å². The first kappa shape index (κ1) is 22.5. The second-order valence-electron chi connectivity index (χ2n) is 8.21. The summed E-state index contributed by atoms with van der Waals surface area (Å²) in [6.07, 6.45) is 2.55. The van der Waals surface area contributed by atoms with Crippen LogP contribution < -0.4 is 10.6 Å². The molecule has 0 bridgehead atoms. The SMILES string of the molecule is O=C(Cc1cc(-c2cc(NCC3CCOCC3)ccc2Cl)c(Cl)cn1)[C@H]1CNC[C@H]1F. The second-order valence-corrected chi connectivity index (χ2v) is 9.02. The van der Waals surface area contributed by atoms with Crippen LogP contribution >= 0.6 is 23.2 Å². The fourth-order valence-corrected chi connectivity index (χ4v) is 4.54. The summed E-state index contributed by atoms with van der Waals surface area (Å²) in [5.41, 5.74) is 2.99. The molecule has 8 heteroatoms. The lowest BCUT2D eigenvalue weighted by Crippen LogP contribution is -2.25. The topological polar surface area (TPSA) is 63.2 Å². The molecule has 4 rings (SSSR count). The van der Waals surface area contributed by atoms with Gasteiger partial charge in [-0.1, -0.05) is 23.2 Å². The number of rotatable bonds is 7. The molecule has 2 aliphatic heterocycles. The van der Waals surface area contributed by atoms with Crippen LogP contribution in [0.2, 0.25) is 10.0 Å². The predicted molar refractivity (Wildman–Crippen MR) is 122 cm³/mol. The molecule has 1 aromatic heterocycles. The summed E-state index contributed by atoms with van der Waals surface area (Å²) in [5, 5.41) is 7.41. The normalized spacial score (nSPS) is 21.9. The lowest BCUT2D eigenvalue weighted by Gasteiger charge is -2.23. The number of nitrogens with one attached hydrogen (secondary N) is 2. The molecule has 0 amide bonds. The molecular weight excluding hydrogens is 440 g/mol. The first-order chi connectivity index (χ1) is 15.0. The molecule has 2 saturated heterocycles. The number of benzene rings is 1. The third kappa shape index (κ3) is 5.55. The summed E-state index contributed by atoms with van der Waals surface area (Å²) in [5.74, 6) is -0.196. The van der Waals surface area contributed by atoms with E-state index < -0.39 is 12.1 Å². The summed E-state index contributed by atoms with van der Waals surface area (Å²) < 4.78 is 19.3. The van der Waals surface area contributed by atoms with Crippen molar-refractivity contribution < 1.29 is 13.9 Å². The van der Waals surface area contributed by atoms with Gasteiger partial charge in [-0.15, -0.1) is 0 Å². The molecule has 2 aromatic rings. The Kier molecular flexibility index (Phi) is 7.43. The Morgan fingerprint density at radius 3 is 2.68 bits per heavy atom. The van der Waals surface area contributed by atoms with Gasteiger partial charge in [0.05, 0.1) is 10.9 Å². The zero-order valence-corrected chi connectivity index (χ0v) is 18.7. The zero-order chi connectivity index (χ0) is 21.8. The molecule has 0 saturated carbocycles. The number of nitrogens with zero attached hydrogens (tertiary/aromatic N) is 1. The second kappa shape index (κ2) is 10.3. The van der Waals surface area contributed by atoms with Crippen molar-refractivity contribution in [1.29, 1.82) is 0 Å². The van der Waals surface area contributed by atoms with Crippen LogP contribution in [0.5, 0.6) is 0 Å². The lowest BCUT2D eigenvalue weighted by molar-refractivity contribution is -0.123. The fraction of sp³-hybridized carbons (Fsp3) is 0.478. The molecule has 2 atom stereocenters. The Hall–Kier alpha value is -1.73. The molecule has 0 radical (unpaired) electrons. The van der Waals surface area contributed by atoms with Gasteiger partial charge >= 0.3 is 0 Å². The predicted octanol–water partition coefficient (Wildman–Crippen LogP) is 4.56. The van der Waals surface area contributed by atoms with Gasteiger partial charge in [0, 0.05) is 73.0 Å². The van der Waals surface area contributed by atoms with Gasteiger partial charge in [0.15, 0.2) is 0 Å². The third-order valence-electron chi connectivity index (χ3n) is 6.01. The van der Waals surface area contributed by atoms with Gasteiger partial charge in [-0.3, -0.25) is 9.78 Å². The average molecular weight is 466 g/mol. The van der Waals surface area contributed by atoms with Gasteiger partial charge in [-0.2, -0.15) is 0 Å². The number of pyridine rings is 1. The number of hydrogen-bond acceptors (Lipinski definition) is 5. The minimum absolute atomic E-state index is 0.0657. The van der Waals surface area contributed by atoms with Gasteiger partial charge in [0.2, 0.25) is 0 Å². The van der Waals surface area contributed by atoms with Crippen molar-refractivity contribution in [3.8, 4) is 11.1 Å². The van der Waals surface area contributed by atoms with E-state index in [-0.39, 0.29) is 18.7 Å². The highest BCUT2D eigenvalue weighted by molar-refractivity contribution is 6.36. The minimum Gasteiger partial charge on any atom is -0.385 e. The molecule has 0 spiro atoms. The summed E-state index contributed by atoms with van der Waals surface area (Å²) in [7, 11) is 0. The van der Waals surface area contributed by atoms with Gasteiger partial charge in [-0.05, 0) is 43.0 Å². The summed E-state index contributed by atoms with van der Waals surface area (Å²) in [4.78, 5) is 16.8. The lowest BCUT2D eigenvalue weighted by atomic mass is 9.96. The highest BCUT2D eigenvalue weighted by atomic mass is 35.5. The van der Waals surface area contributed by atoms with Crippen molar-refractivity contribution in [1.82, 2.24) is 10.3 Å². The van der Waals surface area contributed by atoms with Crippen LogP contribution in [0.25, 0.3) is 11.1 Å². The first-order valence-electron chi connectivity index (χ1n) is 10.6. The van der Waals surface area contributed by atoms with Crippen LogP contribution in [-0.2, 0) is 16.0 Å². The maximum atomic E-state index is 13.9. The molecule has 166 valence electrons. The molecule has 2 N–H and O–H groups in total. The van der Waals surface area contributed by atoms with Crippen molar-refractivity contribution in [2.45, 2.75) is 25.4 Å². The Labute approximate surface area is 191 Å². The maximum absolute atomic E-state index is 13.9. The highest BCUT2D eigenvalue weighted by Crippen LogP contribution is 2.35. The molecule has 5 nitrogen and oxygen atoms in total. The van der Waals surface area contributed by atoms with Crippen LogP contribution in [0, 0.1) is 11.8 Å². The summed E-state index contributed by atoms with van der Waals surface area (Å²) >= 11 is 12.9. The average Bonchev–Trinajstić information content (AvgIpc) is 3.21. The number of alkyl halides is 1. The van der Waals surface area contributed by atoms with E-state index >= 15 is 0 Å². The van der Waals surface area contributed by atoms with E-state index in [0.717, 1.165) is 43.9 Å². The zero-order valence-electron chi connectivity index (χ0n) is 17.2. The summed E-state index contributed by atoms with van der Waals surface area (Å²) in [6, 6.07) is 7.52. The fourth-order valence-electron chi connectivity index (χ4n) is 4.11. The largest absolute Gasteiger partial charge is 0.385 e.